The Labute approximate surface area is 118 Å². The van der Waals surface area contributed by atoms with Gasteiger partial charge < -0.3 is 18.9 Å². The maximum atomic E-state index is 5.44. The second-order valence-electron chi connectivity index (χ2n) is 4.19. The summed E-state index contributed by atoms with van der Waals surface area (Å²) >= 11 is 0. The van der Waals surface area contributed by atoms with Crippen molar-refractivity contribution in [1.29, 1.82) is 0 Å². The standard InChI is InChI=1S/C15H30O4/c1-4-7-9-12-16-14-17-13-10-8-11-15(18-5-2)19-6-3/h10,13,15H,4-9,11-12,14H2,1-3H3. The monoisotopic (exact) mass is 274 g/mol. The molecule has 0 spiro atoms. The molecule has 0 unspecified atom stereocenters. The minimum atomic E-state index is -0.107. The van der Waals surface area contributed by atoms with Crippen LogP contribution in [0.5, 0.6) is 0 Å². The number of unbranched alkanes of at least 4 members (excludes halogenated alkanes) is 2. The van der Waals surface area contributed by atoms with Crippen molar-refractivity contribution >= 4 is 0 Å². The molecule has 0 aliphatic carbocycles. The van der Waals surface area contributed by atoms with Crippen LogP contribution in [0.2, 0.25) is 0 Å². The zero-order valence-electron chi connectivity index (χ0n) is 12.7. The summed E-state index contributed by atoms with van der Waals surface area (Å²) in [6.07, 6.45) is 8.81. The SMILES string of the molecule is CCCCCOCOC=CCCC(OCC)OCC. The Bertz CT molecular complexity index is 189. The molecule has 0 fully saturated rings. The summed E-state index contributed by atoms with van der Waals surface area (Å²) in [6, 6.07) is 0. The van der Waals surface area contributed by atoms with Crippen LogP contribution in [-0.2, 0) is 18.9 Å². The van der Waals surface area contributed by atoms with E-state index in [9.17, 15) is 0 Å². The van der Waals surface area contributed by atoms with Crippen LogP contribution in [-0.4, -0.2) is 32.9 Å². The molecule has 0 aliphatic heterocycles. The highest BCUT2D eigenvalue weighted by molar-refractivity contribution is 4.73. The molecule has 0 heterocycles. The fourth-order valence-electron chi connectivity index (χ4n) is 1.56. The van der Waals surface area contributed by atoms with Gasteiger partial charge in [0.1, 0.15) is 0 Å². The molecule has 0 N–H and O–H groups in total. The van der Waals surface area contributed by atoms with Crippen molar-refractivity contribution in [3.63, 3.8) is 0 Å². The van der Waals surface area contributed by atoms with Gasteiger partial charge in [-0.15, -0.1) is 0 Å². The molecule has 0 amide bonds. The first-order chi connectivity index (χ1) is 9.35. The van der Waals surface area contributed by atoms with Crippen LogP contribution in [0.4, 0.5) is 0 Å². The van der Waals surface area contributed by atoms with Crippen LogP contribution >= 0.6 is 0 Å². The van der Waals surface area contributed by atoms with Crippen molar-refractivity contribution in [3.8, 4) is 0 Å². The highest BCUT2D eigenvalue weighted by atomic mass is 16.7. The third-order valence-electron chi connectivity index (χ3n) is 2.51. The fourth-order valence-corrected chi connectivity index (χ4v) is 1.56. The van der Waals surface area contributed by atoms with E-state index in [2.05, 4.69) is 6.92 Å². The highest BCUT2D eigenvalue weighted by Gasteiger charge is 2.05. The van der Waals surface area contributed by atoms with Crippen molar-refractivity contribution in [2.45, 2.75) is 59.2 Å². The molecular formula is C15H30O4. The summed E-state index contributed by atoms with van der Waals surface area (Å²) < 4.78 is 21.4. The first-order valence-corrected chi connectivity index (χ1v) is 7.42. The van der Waals surface area contributed by atoms with Gasteiger partial charge >= 0.3 is 0 Å². The van der Waals surface area contributed by atoms with Crippen molar-refractivity contribution < 1.29 is 18.9 Å². The zero-order chi connectivity index (χ0) is 14.2. The topological polar surface area (TPSA) is 36.9 Å². The van der Waals surface area contributed by atoms with E-state index in [1.165, 1.54) is 12.8 Å². The van der Waals surface area contributed by atoms with Gasteiger partial charge in [-0.25, -0.2) is 0 Å². The Morgan fingerprint density at radius 3 is 2.37 bits per heavy atom. The largest absolute Gasteiger partial charge is 0.475 e. The van der Waals surface area contributed by atoms with Gasteiger partial charge in [0.25, 0.3) is 0 Å². The second kappa shape index (κ2) is 15.5. The van der Waals surface area contributed by atoms with E-state index >= 15 is 0 Å². The van der Waals surface area contributed by atoms with Gasteiger partial charge in [0.05, 0.1) is 12.9 Å². The summed E-state index contributed by atoms with van der Waals surface area (Å²) in [5.74, 6) is 0. The molecule has 0 saturated carbocycles. The lowest BCUT2D eigenvalue weighted by molar-refractivity contribution is -0.138. The number of hydrogen-bond donors (Lipinski definition) is 0. The molecule has 0 aromatic carbocycles. The Morgan fingerprint density at radius 2 is 1.74 bits per heavy atom. The molecule has 114 valence electrons. The van der Waals surface area contributed by atoms with Crippen LogP contribution in [0.25, 0.3) is 0 Å². The lowest BCUT2D eigenvalue weighted by Crippen LogP contribution is -2.16. The maximum absolute atomic E-state index is 5.44. The number of hydrogen-bond acceptors (Lipinski definition) is 4. The first kappa shape index (κ1) is 18.4. The molecule has 0 rings (SSSR count). The van der Waals surface area contributed by atoms with Gasteiger partial charge in [-0.3, -0.25) is 0 Å². The summed E-state index contributed by atoms with van der Waals surface area (Å²) in [5, 5.41) is 0. The Morgan fingerprint density at radius 1 is 1.00 bits per heavy atom. The number of rotatable bonds is 14. The summed E-state index contributed by atoms with van der Waals surface area (Å²) in [4.78, 5) is 0. The van der Waals surface area contributed by atoms with Crippen LogP contribution in [0, 0.1) is 0 Å². The zero-order valence-corrected chi connectivity index (χ0v) is 12.7. The molecule has 0 aromatic rings. The molecule has 0 aliphatic rings. The fraction of sp³-hybridized carbons (Fsp3) is 0.867. The normalized spacial score (nSPS) is 11.6. The van der Waals surface area contributed by atoms with Crippen molar-refractivity contribution in [3.05, 3.63) is 12.3 Å². The lowest BCUT2D eigenvalue weighted by atomic mass is 10.3. The predicted molar refractivity (Wildman–Crippen MR) is 76.8 cm³/mol. The van der Waals surface area contributed by atoms with E-state index in [0.29, 0.717) is 20.0 Å². The van der Waals surface area contributed by atoms with Gasteiger partial charge in [-0.2, -0.15) is 0 Å². The average Bonchev–Trinajstić information content (AvgIpc) is 2.41. The lowest BCUT2D eigenvalue weighted by Gasteiger charge is -2.15. The van der Waals surface area contributed by atoms with Crippen LogP contribution < -0.4 is 0 Å². The maximum Gasteiger partial charge on any atom is 0.188 e. The molecule has 19 heavy (non-hydrogen) atoms. The minimum absolute atomic E-state index is 0.107. The van der Waals surface area contributed by atoms with Crippen molar-refractivity contribution in [2.24, 2.45) is 0 Å². The summed E-state index contributed by atoms with van der Waals surface area (Å²) in [7, 11) is 0. The van der Waals surface area contributed by atoms with Crippen molar-refractivity contribution in [2.75, 3.05) is 26.6 Å². The summed E-state index contributed by atoms with van der Waals surface area (Å²) in [5.41, 5.74) is 0. The molecule has 4 nitrogen and oxygen atoms in total. The Hall–Kier alpha value is -0.580. The average molecular weight is 274 g/mol. The smallest absolute Gasteiger partial charge is 0.188 e. The molecule has 0 aromatic heterocycles. The van der Waals surface area contributed by atoms with Gasteiger partial charge in [0.15, 0.2) is 13.1 Å². The van der Waals surface area contributed by atoms with Crippen LogP contribution in [0.15, 0.2) is 12.3 Å². The van der Waals surface area contributed by atoms with Crippen LogP contribution in [0.1, 0.15) is 52.9 Å². The molecule has 0 atom stereocenters. The Kier molecular flexibility index (Phi) is 15.0. The van der Waals surface area contributed by atoms with Gasteiger partial charge in [-0.1, -0.05) is 19.8 Å². The number of allylic oxidation sites excluding steroid dienone is 1. The Balaban J connectivity index is 3.36. The van der Waals surface area contributed by atoms with E-state index < -0.39 is 0 Å². The van der Waals surface area contributed by atoms with E-state index in [4.69, 9.17) is 18.9 Å². The molecule has 0 radical (unpaired) electrons. The highest BCUT2D eigenvalue weighted by Crippen LogP contribution is 2.05. The van der Waals surface area contributed by atoms with Gasteiger partial charge in [0, 0.05) is 19.6 Å². The first-order valence-electron chi connectivity index (χ1n) is 7.42. The minimum Gasteiger partial charge on any atom is -0.475 e. The van der Waals surface area contributed by atoms with E-state index in [1.807, 2.05) is 19.9 Å². The molecule has 0 bridgehead atoms. The third kappa shape index (κ3) is 13.6. The molecular weight excluding hydrogens is 244 g/mol. The van der Waals surface area contributed by atoms with Crippen molar-refractivity contribution in [1.82, 2.24) is 0 Å². The van der Waals surface area contributed by atoms with Gasteiger partial charge in [-0.05, 0) is 32.8 Å². The molecule has 0 saturated heterocycles. The predicted octanol–water partition coefficient (Wildman–Crippen LogP) is 3.86. The van der Waals surface area contributed by atoms with E-state index in [0.717, 1.165) is 25.9 Å². The quantitative estimate of drug-likeness (QED) is 0.274. The van der Waals surface area contributed by atoms with E-state index in [1.54, 1.807) is 6.26 Å². The third-order valence-corrected chi connectivity index (χ3v) is 2.51. The van der Waals surface area contributed by atoms with E-state index in [-0.39, 0.29) is 6.29 Å². The second-order valence-corrected chi connectivity index (χ2v) is 4.19. The van der Waals surface area contributed by atoms with Gasteiger partial charge in [0.2, 0.25) is 0 Å². The summed E-state index contributed by atoms with van der Waals surface area (Å²) in [6.45, 7) is 8.59. The van der Waals surface area contributed by atoms with Crippen LogP contribution in [0.3, 0.4) is 0 Å². The number of ether oxygens (including phenoxy) is 4. The molecule has 4 heteroatoms.